The number of carboxylic acid groups (broad SMARTS) is 1. The maximum absolute atomic E-state index is 13.7. The number of aliphatic hydroxyl groups is 3. The SMILES string of the molecule is CC(C)[C@H](NC(=O)CN)C(=O)N[C@@H](CC(N)=O)C(=O)N1CCC[C@H]1C(=O)N[C@H](C(=O)N[C@@H](C)C(=O)N[C@@H](CCC(N)=O)C(=O)N[C@@H](CO)C(=O)N[C@@H](CO)C(=O)O)[C@@H](C)O. The second kappa shape index (κ2) is 24.8. The van der Waals surface area contributed by atoms with Crippen LogP contribution in [0.5, 0.6) is 0 Å². The molecule has 17 N–H and O–H groups in total. The fourth-order valence-electron chi connectivity index (χ4n) is 5.73. The lowest BCUT2D eigenvalue weighted by Gasteiger charge is -2.31. The highest BCUT2D eigenvalue weighted by Gasteiger charge is 2.41. The van der Waals surface area contributed by atoms with Crippen LogP contribution in [0.4, 0.5) is 0 Å². The second-order valence-corrected chi connectivity index (χ2v) is 14.3. The van der Waals surface area contributed by atoms with Crippen LogP contribution in [0.2, 0.25) is 0 Å². The van der Waals surface area contributed by atoms with E-state index in [0.29, 0.717) is 0 Å². The standard InChI is InChI=1S/C34H57N11O15/c1-14(2)25(43-24(51)11-35)31(56)40-18(10-23(37)50)33(58)45-9-5-6-21(45)30(55)44-26(16(4)48)32(57)38-15(3)27(52)39-17(7-8-22(36)49)28(53)41-19(12-46)29(54)42-20(13-47)34(59)60/h14-21,25-26,46-48H,5-13,35H2,1-4H3,(H2,36,49)(H2,37,50)(H,38,57)(H,39,52)(H,40,56)(H,41,53)(H,42,54)(H,43,51)(H,44,55)(H,59,60)/t15-,16+,17-,18-,19-,20-,21-,25-,26-/m0/s1. The fraction of sp³-hybridized carbons (Fsp3) is 0.676. The van der Waals surface area contributed by atoms with Crippen LogP contribution in [-0.2, 0) is 52.7 Å². The predicted octanol–water partition coefficient (Wildman–Crippen LogP) is -8.40. The van der Waals surface area contributed by atoms with Crippen molar-refractivity contribution in [2.75, 3.05) is 26.3 Å². The third-order valence-electron chi connectivity index (χ3n) is 9.05. The number of amides is 10. The Hall–Kier alpha value is -5.99. The van der Waals surface area contributed by atoms with E-state index in [1.165, 1.54) is 0 Å². The molecule has 1 heterocycles. The summed E-state index contributed by atoms with van der Waals surface area (Å²) < 4.78 is 0. The third-order valence-corrected chi connectivity index (χ3v) is 9.05. The molecule has 10 amide bonds. The third kappa shape index (κ3) is 16.3. The Morgan fingerprint density at radius 1 is 0.667 bits per heavy atom. The van der Waals surface area contributed by atoms with Gasteiger partial charge in [0.1, 0.15) is 48.3 Å². The number of hydrogen-bond donors (Lipinski definition) is 14. The number of nitrogens with one attached hydrogen (secondary N) is 7. The van der Waals surface area contributed by atoms with Crippen LogP contribution < -0.4 is 54.4 Å². The van der Waals surface area contributed by atoms with Crippen molar-refractivity contribution in [3.63, 3.8) is 0 Å². The average molecular weight is 860 g/mol. The van der Waals surface area contributed by atoms with E-state index in [1.54, 1.807) is 13.8 Å². The lowest BCUT2D eigenvalue weighted by Crippen LogP contribution is -2.61. The van der Waals surface area contributed by atoms with Gasteiger partial charge in [-0.1, -0.05) is 13.8 Å². The molecule has 9 atom stereocenters. The number of carbonyl (C=O) groups excluding carboxylic acids is 10. The molecule has 0 aliphatic carbocycles. The zero-order chi connectivity index (χ0) is 46.0. The van der Waals surface area contributed by atoms with Crippen LogP contribution >= 0.6 is 0 Å². The highest BCUT2D eigenvalue weighted by atomic mass is 16.4. The topological polar surface area (TPSA) is 434 Å². The van der Waals surface area contributed by atoms with Crippen LogP contribution in [0.25, 0.3) is 0 Å². The molecule has 0 aromatic heterocycles. The van der Waals surface area contributed by atoms with E-state index >= 15 is 0 Å². The first-order chi connectivity index (χ1) is 28.0. The molecule has 0 unspecified atom stereocenters. The molecule has 0 aromatic carbocycles. The monoisotopic (exact) mass is 859 g/mol. The van der Waals surface area contributed by atoms with Gasteiger partial charge in [0.2, 0.25) is 59.1 Å². The lowest BCUT2D eigenvalue weighted by molar-refractivity contribution is -0.144. The van der Waals surface area contributed by atoms with E-state index in [2.05, 4.69) is 31.9 Å². The van der Waals surface area contributed by atoms with Crippen molar-refractivity contribution in [1.82, 2.24) is 42.1 Å². The fourth-order valence-corrected chi connectivity index (χ4v) is 5.73. The van der Waals surface area contributed by atoms with Crippen molar-refractivity contribution in [1.29, 1.82) is 0 Å². The molecule has 0 saturated carbocycles. The van der Waals surface area contributed by atoms with Gasteiger partial charge < -0.3 is 79.7 Å². The molecule has 1 fully saturated rings. The van der Waals surface area contributed by atoms with Crippen LogP contribution in [0.15, 0.2) is 0 Å². The van der Waals surface area contributed by atoms with E-state index in [1.807, 2.05) is 5.32 Å². The number of primary amides is 2. The number of likely N-dealkylation sites (tertiary alicyclic amines) is 1. The van der Waals surface area contributed by atoms with Gasteiger partial charge in [-0.05, 0) is 39.0 Å². The number of rotatable bonds is 25. The number of carbonyl (C=O) groups is 11. The predicted molar refractivity (Wildman–Crippen MR) is 204 cm³/mol. The molecule has 1 rings (SSSR count). The van der Waals surface area contributed by atoms with Gasteiger partial charge >= 0.3 is 5.97 Å². The number of nitrogens with two attached hydrogens (primary N) is 3. The summed E-state index contributed by atoms with van der Waals surface area (Å²) in [5.74, 6) is -11.8. The first kappa shape index (κ1) is 52.0. The molecule has 0 aromatic rings. The minimum atomic E-state index is -1.78. The number of carboxylic acids is 1. The highest BCUT2D eigenvalue weighted by molar-refractivity contribution is 5.99. The number of hydrogen-bond acceptors (Lipinski definition) is 15. The Morgan fingerprint density at radius 2 is 1.20 bits per heavy atom. The van der Waals surface area contributed by atoms with E-state index in [0.717, 1.165) is 18.7 Å². The van der Waals surface area contributed by atoms with Crippen molar-refractivity contribution in [3.05, 3.63) is 0 Å². The van der Waals surface area contributed by atoms with Crippen molar-refractivity contribution >= 4 is 65.0 Å². The Labute approximate surface area is 343 Å². The molecule has 1 aliphatic heterocycles. The summed E-state index contributed by atoms with van der Waals surface area (Å²) in [7, 11) is 0. The molecular formula is C34H57N11O15. The Morgan fingerprint density at radius 3 is 1.70 bits per heavy atom. The molecule has 0 radical (unpaired) electrons. The summed E-state index contributed by atoms with van der Waals surface area (Å²) >= 11 is 0. The minimum absolute atomic E-state index is 0.0257. The highest BCUT2D eigenvalue weighted by Crippen LogP contribution is 2.20. The molecule has 60 heavy (non-hydrogen) atoms. The van der Waals surface area contributed by atoms with E-state index in [-0.39, 0.29) is 19.4 Å². The molecule has 1 saturated heterocycles. The Bertz CT molecular complexity index is 1610. The summed E-state index contributed by atoms with van der Waals surface area (Å²) in [6.45, 7) is 2.97. The summed E-state index contributed by atoms with van der Waals surface area (Å²) in [4.78, 5) is 140. The maximum Gasteiger partial charge on any atom is 0.328 e. The average Bonchev–Trinajstić information content (AvgIpc) is 3.67. The molecule has 0 spiro atoms. The lowest BCUT2D eigenvalue weighted by atomic mass is 10.0. The Balaban J connectivity index is 3.14. The molecule has 26 nitrogen and oxygen atoms in total. The van der Waals surface area contributed by atoms with Gasteiger partial charge in [-0.3, -0.25) is 47.9 Å². The smallest absolute Gasteiger partial charge is 0.328 e. The van der Waals surface area contributed by atoms with Crippen molar-refractivity contribution < 1.29 is 73.2 Å². The maximum atomic E-state index is 13.7. The summed E-state index contributed by atoms with van der Waals surface area (Å²) in [6, 6.07) is -12.4. The quantitative estimate of drug-likeness (QED) is 0.0405. The van der Waals surface area contributed by atoms with Crippen LogP contribution in [0, 0.1) is 5.92 Å². The summed E-state index contributed by atoms with van der Waals surface area (Å²) in [5.41, 5.74) is 15.9. The number of aliphatic hydroxyl groups excluding tert-OH is 3. The van der Waals surface area contributed by atoms with E-state index in [4.69, 9.17) is 27.4 Å². The van der Waals surface area contributed by atoms with E-state index < -0.39 is 164 Å². The van der Waals surface area contributed by atoms with E-state index in [9.17, 15) is 63.0 Å². The summed E-state index contributed by atoms with van der Waals surface area (Å²) in [6.07, 6.45) is -2.88. The first-order valence-electron chi connectivity index (χ1n) is 18.8. The number of aliphatic carboxylic acids is 1. The van der Waals surface area contributed by atoms with Crippen LogP contribution in [0.1, 0.15) is 59.8 Å². The van der Waals surface area contributed by atoms with Gasteiger partial charge in [0, 0.05) is 13.0 Å². The molecule has 0 bridgehead atoms. The molecule has 338 valence electrons. The molecule has 26 heteroatoms. The summed E-state index contributed by atoms with van der Waals surface area (Å²) in [5, 5.41) is 54.0. The zero-order valence-electron chi connectivity index (χ0n) is 33.6. The van der Waals surface area contributed by atoms with Crippen molar-refractivity contribution in [2.24, 2.45) is 23.1 Å². The largest absolute Gasteiger partial charge is 0.480 e. The molecular weight excluding hydrogens is 802 g/mol. The molecule has 1 aliphatic rings. The van der Waals surface area contributed by atoms with Gasteiger partial charge in [-0.25, -0.2) is 4.79 Å². The Kier molecular flexibility index (Phi) is 21.5. The van der Waals surface area contributed by atoms with Gasteiger partial charge in [-0.15, -0.1) is 0 Å². The van der Waals surface area contributed by atoms with Gasteiger partial charge in [0.25, 0.3) is 0 Å². The van der Waals surface area contributed by atoms with Crippen molar-refractivity contribution in [3.8, 4) is 0 Å². The van der Waals surface area contributed by atoms with Crippen LogP contribution in [-0.4, -0.2) is 171 Å². The van der Waals surface area contributed by atoms with Gasteiger partial charge in [0.05, 0.1) is 32.3 Å². The minimum Gasteiger partial charge on any atom is -0.480 e. The van der Waals surface area contributed by atoms with Gasteiger partial charge in [-0.2, -0.15) is 0 Å². The van der Waals surface area contributed by atoms with Crippen molar-refractivity contribution in [2.45, 2.75) is 114 Å². The van der Waals surface area contributed by atoms with Crippen LogP contribution in [0.3, 0.4) is 0 Å². The first-order valence-corrected chi connectivity index (χ1v) is 18.8. The second-order valence-electron chi connectivity index (χ2n) is 14.3. The van der Waals surface area contributed by atoms with Gasteiger partial charge in [0.15, 0.2) is 0 Å². The zero-order valence-corrected chi connectivity index (χ0v) is 33.6. The number of nitrogens with zero attached hydrogens (tertiary/aromatic N) is 1. The normalized spacial score (nSPS) is 17.6.